The van der Waals surface area contributed by atoms with Crippen molar-refractivity contribution in [3.8, 4) is 5.75 Å². The molecule has 5 aromatic heterocycles. The molecule has 366 valence electrons. The van der Waals surface area contributed by atoms with E-state index in [2.05, 4.69) is 69.3 Å². The predicted octanol–water partition coefficient (Wildman–Crippen LogP) is 0.932. The van der Waals surface area contributed by atoms with Gasteiger partial charge in [-0.2, -0.15) is 0 Å². The van der Waals surface area contributed by atoms with Crippen LogP contribution in [0.5, 0.6) is 5.75 Å². The SMILES string of the molecule is CC(=O)N[C@@H](Cc1ccc(O)cc1)c1cn(Cc2cn([C@@H](CCCNC(=N)N)c3cn([C@@H](CCCCN)c4cn([C@@H](CCCCN)c5cn([C@H](C)CCCNC(=N)N)nn5)nn4)nn3)nn2)nn1. The maximum atomic E-state index is 12.1. The minimum absolute atomic E-state index is 0.0450. The zero-order valence-electron chi connectivity index (χ0n) is 38.8. The fourth-order valence-electron chi connectivity index (χ4n) is 7.93. The van der Waals surface area contributed by atoms with Crippen LogP contribution in [0.2, 0.25) is 0 Å². The van der Waals surface area contributed by atoms with Crippen LogP contribution in [0, 0.1) is 10.8 Å². The first-order valence-corrected chi connectivity index (χ1v) is 23.1. The van der Waals surface area contributed by atoms with Crippen LogP contribution >= 0.6 is 0 Å². The number of unbranched alkanes of at least 4 members (excludes halogenated alkanes) is 2. The second-order valence-corrected chi connectivity index (χ2v) is 17.0. The summed E-state index contributed by atoms with van der Waals surface area (Å²) in [6, 6.07) is 5.50. The Morgan fingerprint density at radius 2 is 1.12 bits per heavy atom. The summed E-state index contributed by atoms with van der Waals surface area (Å²) >= 11 is 0. The third kappa shape index (κ3) is 14.6. The molecule has 6 aromatic rings. The number of nitrogens with one attached hydrogen (secondary N) is 5. The van der Waals surface area contributed by atoms with Gasteiger partial charge in [-0.25, -0.2) is 23.4 Å². The summed E-state index contributed by atoms with van der Waals surface area (Å²) < 4.78 is 8.93. The molecular formula is C42H66N24O2. The van der Waals surface area contributed by atoms with Gasteiger partial charge in [-0.05, 0) is 108 Å². The van der Waals surface area contributed by atoms with Crippen molar-refractivity contribution in [2.75, 3.05) is 26.2 Å². The summed E-state index contributed by atoms with van der Waals surface area (Å²) in [5.41, 5.74) is 27.1. The zero-order valence-corrected chi connectivity index (χ0v) is 38.8. The quantitative estimate of drug-likeness (QED) is 0.0178. The van der Waals surface area contributed by atoms with Crippen molar-refractivity contribution in [2.24, 2.45) is 22.9 Å². The number of hydrogen-bond donors (Lipinski definition) is 10. The van der Waals surface area contributed by atoms with Crippen LogP contribution in [-0.4, -0.2) is 124 Å². The largest absolute Gasteiger partial charge is 0.508 e. The first kappa shape index (κ1) is 50.1. The molecule has 1 aromatic carbocycles. The summed E-state index contributed by atoms with van der Waals surface area (Å²) in [5.74, 6) is -0.211. The predicted molar refractivity (Wildman–Crippen MR) is 251 cm³/mol. The average Bonchev–Trinajstić information content (AvgIpc) is 4.18. The van der Waals surface area contributed by atoms with Gasteiger partial charge in [0.1, 0.15) is 34.2 Å². The molecule has 26 heteroatoms. The van der Waals surface area contributed by atoms with E-state index in [1.807, 2.05) is 38.8 Å². The van der Waals surface area contributed by atoms with Crippen LogP contribution in [-0.2, 0) is 17.8 Å². The van der Waals surface area contributed by atoms with Crippen molar-refractivity contribution >= 4 is 17.8 Å². The lowest BCUT2D eigenvalue weighted by Crippen LogP contribution is -2.31. The van der Waals surface area contributed by atoms with E-state index in [0.717, 1.165) is 56.2 Å². The molecule has 1 amide bonds. The molecule has 6 rings (SSSR count). The van der Waals surface area contributed by atoms with Crippen molar-refractivity contribution in [1.82, 2.24) is 90.9 Å². The van der Waals surface area contributed by atoms with Crippen molar-refractivity contribution in [3.05, 3.63) is 89.3 Å². The van der Waals surface area contributed by atoms with E-state index in [1.54, 1.807) is 39.8 Å². The summed E-state index contributed by atoms with van der Waals surface area (Å²) in [6.45, 7) is 5.98. The smallest absolute Gasteiger partial charge is 0.217 e. The molecule has 0 spiro atoms. The first-order valence-electron chi connectivity index (χ1n) is 23.1. The number of aromatic hydroxyl groups is 1. The molecule has 0 radical (unpaired) electrons. The second kappa shape index (κ2) is 25.0. The topological polar surface area (TPSA) is 379 Å². The Bertz CT molecular complexity index is 2470. The number of phenolic OH excluding ortho intramolecular Hbond substituents is 1. The van der Waals surface area contributed by atoms with Crippen molar-refractivity contribution < 1.29 is 9.90 Å². The van der Waals surface area contributed by atoms with Crippen LogP contribution in [0.3, 0.4) is 0 Å². The molecule has 5 atom stereocenters. The number of rotatable bonds is 29. The number of nitrogens with two attached hydrogens (primary N) is 4. The molecule has 68 heavy (non-hydrogen) atoms. The van der Waals surface area contributed by atoms with E-state index >= 15 is 0 Å². The molecule has 14 N–H and O–H groups in total. The number of benzene rings is 1. The number of amides is 1. The van der Waals surface area contributed by atoms with Gasteiger partial charge in [0, 0.05) is 20.0 Å². The highest BCUT2D eigenvalue weighted by Crippen LogP contribution is 2.29. The van der Waals surface area contributed by atoms with Gasteiger partial charge in [-0.3, -0.25) is 15.6 Å². The molecule has 0 aliphatic rings. The van der Waals surface area contributed by atoms with E-state index < -0.39 is 6.04 Å². The normalized spacial score (nSPS) is 13.7. The molecule has 0 saturated carbocycles. The monoisotopic (exact) mass is 939 g/mol. The summed E-state index contributed by atoms with van der Waals surface area (Å²) in [6.07, 6.45) is 17.5. The van der Waals surface area contributed by atoms with Crippen molar-refractivity contribution in [2.45, 2.75) is 121 Å². The van der Waals surface area contributed by atoms with Gasteiger partial charge in [0.05, 0.1) is 67.7 Å². The van der Waals surface area contributed by atoms with Crippen LogP contribution in [0.25, 0.3) is 0 Å². The van der Waals surface area contributed by atoms with Crippen LogP contribution in [0.4, 0.5) is 0 Å². The van der Waals surface area contributed by atoms with E-state index in [0.29, 0.717) is 74.6 Å². The van der Waals surface area contributed by atoms with Gasteiger partial charge in [0.2, 0.25) is 5.91 Å². The lowest BCUT2D eigenvalue weighted by molar-refractivity contribution is -0.119. The average molecular weight is 939 g/mol. The van der Waals surface area contributed by atoms with E-state index in [9.17, 15) is 9.90 Å². The Labute approximate surface area is 394 Å². The Kier molecular flexibility index (Phi) is 18.4. The van der Waals surface area contributed by atoms with Gasteiger partial charge in [0.15, 0.2) is 11.9 Å². The zero-order chi connectivity index (χ0) is 48.4. The maximum absolute atomic E-state index is 12.1. The first-order chi connectivity index (χ1) is 32.9. The molecular weight excluding hydrogens is 873 g/mol. The van der Waals surface area contributed by atoms with Crippen LogP contribution in [0.15, 0.2) is 55.2 Å². The highest BCUT2D eigenvalue weighted by atomic mass is 16.3. The lowest BCUT2D eigenvalue weighted by Gasteiger charge is -2.16. The number of phenols is 1. The fraction of sp³-hybridized carbons (Fsp3) is 0.548. The van der Waals surface area contributed by atoms with Crippen molar-refractivity contribution in [3.63, 3.8) is 0 Å². The van der Waals surface area contributed by atoms with Gasteiger partial charge < -0.3 is 44.0 Å². The third-order valence-electron chi connectivity index (χ3n) is 11.5. The number of nitrogens with zero attached hydrogens (tertiary/aromatic N) is 15. The Morgan fingerprint density at radius 1 is 0.632 bits per heavy atom. The minimum atomic E-state index is -0.445. The Morgan fingerprint density at radius 3 is 1.66 bits per heavy atom. The van der Waals surface area contributed by atoms with Crippen LogP contribution in [0.1, 0.15) is 142 Å². The highest BCUT2D eigenvalue weighted by Gasteiger charge is 2.27. The Balaban J connectivity index is 1.22. The number of hydrogen-bond acceptors (Lipinski definition) is 16. The van der Waals surface area contributed by atoms with Gasteiger partial charge in [-0.1, -0.05) is 38.2 Å². The Hall–Kier alpha value is -7.35. The van der Waals surface area contributed by atoms with E-state index in [4.69, 9.17) is 38.9 Å². The molecule has 5 heterocycles. The van der Waals surface area contributed by atoms with Gasteiger partial charge in [-0.15, -0.1) is 25.5 Å². The maximum Gasteiger partial charge on any atom is 0.217 e. The summed E-state index contributed by atoms with van der Waals surface area (Å²) in [5, 5.41) is 78.9. The molecule has 0 unspecified atom stereocenters. The van der Waals surface area contributed by atoms with E-state index in [-0.39, 0.29) is 54.3 Å². The molecule has 0 saturated heterocycles. The van der Waals surface area contributed by atoms with E-state index in [1.165, 1.54) is 6.92 Å². The summed E-state index contributed by atoms with van der Waals surface area (Å²) in [4.78, 5) is 12.1. The number of carbonyl (C=O) groups excluding carboxylic acids is 1. The third-order valence-corrected chi connectivity index (χ3v) is 11.5. The lowest BCUT2D eigenvalue weighted by atomic mass is 10.0. The second-order valence-electron chi connectivity index (χ2n) is 17.0. The fourth-order valence-corrected chi connectivity index (χ4v) is 7.93. The van der Waals surface area contributed by atoms with Crippen LogP contribution < -0.4 is 38.9 Å². The molecule has 0 aliphatic carbocycles. The summed E-state index contributed by atoms with van der Waals surface area (Å²) in [7, 11) is 0. The molecule has 0 fully saturated rings. The minimum Gasteiger partial charge on any atom is -0.508 e. The van der Waals surface area contributed by atoms with Gasteiger partial charge in [0.25, 0.3) is 0 Å². The number of aromatic nitrogens is 15. The van der Waals surface area contributed by atoms with Crippen molar-refractivity contribution in [1.29, 1.82) is 10.8 Å². The molecule has 0 aliphatic heterocycles. The number of guanidine groups is 2. The number of carbonyl (C=O) groups is 1. The molecule has 0 bridgehead atoms. The van der Waals surface area contributed by atoms with Gasteiger partial charge >= 0.3 is 0 Å². The molecule has 26 nitrogen and oxygen atoms in total. The highest BCUT2D eigenvalue weighted by molar-refractivity contribution is 5.74. The standard InChI is InChI=1S/C42H66N24O2/c1-28(9-7-19-49-41(45)46)63-25-35(54-59-63)38(10-3-5-17-43)65-26-36(55-60-65)39(11-4-6-18-44)66-27-37(56-61-66)40(12-8-20-50-42(47)48)64-23-31(52-58-64)22-62-24-34(53-57-62)33(51-29(2)67)21-30-13-15-32(68)16-14-30/h13-16,23-28,33,38-40,68H,3-12,17-22,43-44H2,1-2H3,(H,51,67)(H4,45,46,49)(H4,47,48,50)/t28-,33+,38+,39+,40+/m1/s1.